The van der Waals surface area contributed by atoms with Crippen molar-refractivity contribution < 1.29 is 9.53 Å². The smallest absolute Gasteiger partial charge is 0.341 e. The van der Waals surface area contributed by atoms with Crippen LogP contribution < -0.4 is 4.90 Å². The molecule has 3 heterocycles. The van der Waals surface area contributed by atoms with Crippen molar-refractivity contribution in [2.24, 2.45) is 10.2 Å². The Kier molecular flexibility index (Phi) is 4.67. The van der Waals surface area contributed by atoms with E-state index in [2.05, 4.69) is 27.3 Å². The molecule has 5 nitrogen and oxygen atoms in total. The van der Waals surface area contributed by atoms with E-state index in [1.807, 2.05) is 0 Å². The molecule has 5 rings (SSSR count). The second-order valence-electron chi connectivity index (χ2n) is 7.89. The third-order valence-corrected chi connectivity index (χ3v) is 7.29. The highest BCUT2D eigenvalue weighted by atomic mass is 32.1. The van der Waals surface area contributed by atoms with Gasteiger partial charge in [0, 0.05) is 23.7 Å². The lowest BCUT2D eigenvalue weighted by molar-refractivity contribution is 0.0600. The molecule has 6 heteroatoms. The quantitative estimate of drug-likeness (QED) is 0.507. The zero-order valence-corrected chi connectivity index (χ0v) is 17.1. The molecule has 0 spiro atoms. The van der Waals surface area contributed by atoms with Crippen LogP contribution in [0.2, 0.25) is 0 Å². The molecule has 2 aliphatic heterocycles. The van der Waals surface area contributed by atoms with Gasteiger partial charge in [-0.05, 0) is 80.2 Å². The normalized spacial score (nSPS) is 18.1. The fourth-order valence-corrected chi connectivity index (χ4v) is 6.08. The summed E-state index contributed by atoms with van der Waals surface area (Å²) in [6.45, 7) is 2.34. The Morgan fingerprint density at radius 1 is 1.00 bits per heavy atom. The topological polar surface area (TPSA) is 54.3 Å². The van der Waals surface area contributed by atoms with E-state index in [4.69, 9.17) is 4.74 Å². The van der Waals surface area contributed by atoms with Gasteiger partial charge in [-0.3, -0.25) is 0 Å². The maximum Gasteiger partial charge on any atom is 0.341 e. The summed E-state index contributed by atoms with van der Waals surface area (Å²) >= 11 is 1.61. The van der Waals surface area contributed by atoms with Gasteiger partial charge in [-0.1, -0.05) is 0 Å². The van der Waals surface area contributed by atoms with Gasteiger partial charge in [-0.25, -0.2) is 4.79 Å². The Labute approximate surface area is 169 Å². The van der Waals surface area contributed by atoms with Crippen LogP contribution >= 0.6 is 11.3 Å². The Bertz CT molecular complexity index is 932. The fraction of sp³-hybridized carbons (Fsp3) is 0.500. The van der Waals surface area contributed by atoms with Crippen molar-refractivity contribution in [3.05, 3.63) is 39.3 Å². The number of ether oxygens (including phenoxy) is 1. The second-order valence-corrected chi connectivity index (χ2v) is 8.97. The van der Waals surface area contributed by atoms with Gasteiger partial charge in [0.05, 0.1) is 12.8 Å². The molecule has 0 saturated heterocycles. The van der Waals surface area contributed by atoms with Crippen LogP contribution in [0.15, 0.2) is 22.4 Å². The Hall–Kier alpha value is -2.21. The van der Waals surface area contributed by atoms with Crippen LogP contribution in [0.3, 0.4) is 0 Å². The molecule has 3 aliphatic rings. The number of hydrogen-bond acceptors (Lipinski definition) is 6. The number of nitrogens with zero attached hydrogens (tertiary/aromatic N) is 3. The predicted molar refractivity (Wildman–Crippen MR) is 112 cm³/mol. The van der Waals surface area contributed by atoms with Crippen molar-refractivity contribution in [3.8, 4) is 0 Å². The van der Waals surface area contributed by atoms with Crippen LogP contribution in [0, 0.1) is 0 Å². The van der Waals surface area contributed by atoms with E-state index in [1.54, 1.807) is 11.3 Å². The summed E-state index contributed by atoms with van der Waals surface area (Å²) < 4.78 is 5.04. The summed E-state index contributed by atoms with van der Waals surface area (Å²) in [4.78, 5) is 16.2. The molecule has 0 radical (unpaired) electrons. The van der Waals surface area contributed by atoms with Crippen molar-refractivity contribution in [1.29, 1.82) is 0 Å². The minimum Gasteiger partial charge on any atom is -0.465 e. The monoisotopic (exact) mass is 395 g/mol. The van der Waals surface area contributed by atoms with Crippen LogP contribution in [-0.4, -0.2) is 26.2 Å². The molecule has 0 atom stereocenters. The number of hydrogen-bond donors (Lipinski definition) is 0. The number of methoxy groups -OCH3 is 1. The van der Waals surface area contributed by atoms with Crippen molar-refractivity contribution in [3.63, 3.8) is 0 Å². The molecule has 0 fully saturated rings. The predicted octanol–water partition coefficient (Wildman–Crippen LogP) is 5.53. The van der Waals surface area contributed by atoms with E-state index >= 15 is 0 Å². The lowest BCUT2D eigenvalue weighted by Gasteiger charge is -2.36. The first-order valence-electron chi connectivity index (χ1n) is 10.3. The minimum atomic E-state index is -0.287. The number of anilines is 1. The zero-order valence-electron chi connectivity index (χ0n) is 16.3. The number of esters is 1. The molecular weight excluding hydrogens is 370 g/mol. The highest BCUT2D eigenvalue weighted by Crippen LogP contribution is 2.42. The van der Waals surface area contributed by atoms with E-state index < -0.39 is 0 Å². The first kappa shape index (κ1) is 17.9. The number of azo groups is 1. The van der Waals surface area contributed by atoms with Gasteiger partial charge in [-0.15, -0.1) is 21.6 Å². The first-order valence-corrected chi connectivity index (χ1v) is 11.1. The largest absolute Gasteiger partial charge is 0.465 e. The molecule has 0 bridgehead atoms. The van der Waals surface area contributed by atoms with E-state index in [-0.39, 0.29) is 5.97 Å². The number of carbonyl (C=O) groups is 1. The Morgan fingerprint density at radius 2 is 1.71 bits per heavy atom. The average Bonchev–Trinajstić information content (AvgIpc) is 3.10. The maximum absolute atomic E-state index is 12.4. The van der Waals surface area contributed by atoms with Gasteiger partial charge in [0.25, 0.3) is 0 Å². The van der Waals surface area contributed by atoms with Crippen molar-refractivity contribution in [2.45, 2.75) is 51.4 Å². The molecule has 2 aromatic rings. The second kappa shape index (κ2) is 7.32. The summed E-state index contributed by atoms with van der Waals surface area (Å²) in [5, 5.41) is 9.81. The summed E-state index contributed by atoms with van der Waals surface area (Å²) in [6, 6.07) is 4.37. The Balaban J connectivity index is 1.52. The number of aryl methyl sites for hydroxylation is 3. The van der Waals surface area contributed by atoms with Gasteiger partial charge in [0.2, 0.25) is 0 Å². The lowest BCUT2D eigenvalue weighted by Crippen LogP contribution is -2.34. The summed E-state index contributed by atoms with van der Waals surface area (Å²) in [6.07, 6.45) is 8.90. The van der Waals surface area contributed by atoms with Crippen molar-refractivity contribution >= 4 is 33.7 Å². The van der Waals surface area contributed by atoms with Crippen LogP contribution in [0.25, 0.3) is 0 Å². The van der Waals surface area contributed by atoms with Crippen molar-refractivity contribution in [2.75, 3.05) is 25.1 Å². The zero-order chi connectivity index (χ0) is 19.1. The molecule has 0 amide bonds. The SMILES string of the molecule is COC(=O)c1c(N=Nc2cc3c4c(c2)CCCN4CCC3)sc2c1CCCC2. The summed E-state index contributed by atoms with van der Waals surface area (Å²) in [5.41, 5.74) is 6.91. The number of benzene rings is 1. The molecule has 146 valence electrons. The van der Waals surface area contributed by atoms with Gasteiger partial charge in [0.1, 0.15) is 5.56 Å². The highest BCUT2D eigenvalue weighted by molar-refractivity contribution is 7.16. The molecule has 1 aromatic carbocycles. The van der Waals surface area contributed by atoms with Gasteiger partial charge >= 0.3 is 5.97 Å². The number of fused-ring (bicyclic) bond motifs is 1. The molecule has 0 N–H and O–H groups in total. The van der Waals surface area contributed by atoms with E-state index in [9.17, 15) is 4.79 Å². The van der Waals surface area contributed by atoms with E-state index in [0.717, 1.165) is 43.4 Å². The van der Waals surface area contributed by atoms with Crippen LogP contribution in [0.5, 0.6) is 0 Å². The third kappa shape index (κ3) is 3.04. The molecule has 28 heavy (non-hydrogen) atoms. The standard InChI is InChI=1S/C22H25N3O2S/c1-27-22(26)19-17-8-2-3-9-18(17)28-21(19)24-23-16-12-14-6-4-10-25-11-5-7-15(13-16)20(14)25/h12-13H,2-11H2,1H3. The number of thiophene rings is 1. The molecule has 0 unspecified atom stereocenters. The van der Waals surface area contributed by atoms with E-state index in [1.165, 1.54) is 61.2 Å². The number of carbonyl (C=O) groups excluding carboxylic acids is 1. The summed E-state index contributed by atoms with van der Waals surface area (Å²) in [7, 11) is 1.44. The third-order valence-electron chi connectivity index (χ3n) is 6.12. The fourth-order valence-electron chi connectivity index (χ4n) is 4.88. The van der Waals surface area contributed by atoms with E-state index in [0.29, 0.717) is 10.6 Å². The average molecular weight is 396 g/mol. The molecule has 1 aromatic heterocycles. The molecule has 0 saturated carbocycles. The van der Waals surface area contributed by atoms with Gasteiger partial charge < -0.3 is 9.64 Å². The lowest BCUT2D eigenvalue weighted by atomic mass is 9.91. The first-order chi connectivity index (χ1) is 13.7. The maximum atomic E-state index is 12.4. The van der Waals surface area contributed by atoms with Crippen LogP contribution in [0.4, 0.5) is 16.4 Å². The highest BCUT2D eigenvalue weighted by Gasteiger charge is 2.27. The summed E-state index contributed by atoms with van der Waals surface area (Å²) in [5.74, 6) is -0.287. The van der Waals surface area contributed by atoms with Gasteiger partial charge in [0.15, 0.2) is 5.00 Å². The van der Waals surface area contributed by atoms with Gasteiger partial charge in [-0.2, -0.15) is 0 Å². The Morgan fingerprint density at radius 3 is 2.43 bits per heavy atom. The molecular formula is C22H25N3O2S. The minimum absolute atomic E-state index is 0.287. The number of rotatable bonds is 3. The molecule has 1 aliphatic carbocycles. The van der Waals surface area contributed by atoms with Crippen LogP contribution in [0.1, 0.15) is 57.6 Å². The van der Waals surface area contributed by atoms with Crippen LogP contribution in [-0.2, 0) is 30.4 Å². The van der Waals surface area contributed by atoms with Crippen molar-refractivity contribution in [1.82, 2.24) is 0 Å².